The fourth-order valence-electron chi connectivity index (χ4n) is 2.57. The van der Waals surface area contributed by atoms with E-state index in [1.165, 1.54) is 6.92 Å². The third-order valence-electron chi connectivity index (χ3n) is 4.04. The van der Waals surface area contributed by atoms with Gasteiger partial charge in [-0.15, -0.1) is 0 Å². The van der Waals surface area contributed by atoms with Crippen LogP contribution >= 0.6 is 0 Å². The van der Waals surface area contributed by atoms with E-state index < -0.39 is 55.1 Å². The summed E-state index contributed by atoms with van der Waals surface area (Å²) in [5, 5.41) is 60.7. The highest BCUT2D eigenvalue weighted by Crippen LogP contribution is 2.24. The lowest BCUT2D eigenvalue weighted by molar-refractivity contribution is -0.314. The van der Waals surface area contributed by atoms with Crippen molar-refractivity contribution in [2.45, 2.75) is 62.0 Å². The molecule has 0 amide bonds. The lowest BCUT2D eigenvalue weighted by Gasteiger charge is -2.43. The van der Waals surface area contributed by atoms with E-state index in [2.05, 4.69) is 5.32 Å². The first-order valence-corrected chi connectivity index (χ1v) is 6.92. The number of aliphatic hydroxyl groups excluding tert-OH is 6. The zero-order valence-electron chi connectivity index (χ0n) is 11.6. The van der Waals surface area contributed by atoms with Gasteiger partial charge in [-0.2, -0.15) is 0 Å². The fourth-order valence-corrected chi connectivity index (χ4v) is 2.57. The molecular weight excluding hydrogens is 286 g/mol. The van der Waals surface area contributed by atoms with E-state index in [9.17, 15) is 25.5 Å². The van der Waals surface area contributed by atoms with Crippen molar-refractivity contribution in [3.63, 3.8) is 0 Å². The second-order valence-electron chi connectivity index (χ2n) is 5.53. The molecule has 9 atom stereocenters. The maximum absolute atomic E-state index is 9.96. The topological polar surface area (TPSA) is 152 Å². The summed E-state index contributed by atoms with van der Waals surface area (Å²) in [5.74, 6) is 0. The Kier molecular flexibility index (Phi) is 5.52. The van der Waals surface area contributed by atoms with Gasteiger partial charge < -0.3 is 45.4 Å². The van der Waals surface area contributed by atoms with Gasteiger partial charge >= 0.3 is 0 Å². The van der Waals surface area contributed by atoms with Gasteiger partial charge in [0.05, 0.1) is 24.9 Å². The molecule has 124 valence electrons. The maximum atomic E-state index is 9.96. The highest BCUT2D eigenvalue weighted by Gasteiger charge is 2.46. The molecule has 0 aromatic carbocycles. The van der Waals surface area contributed by atoms with Gasteiger partial charge in [-0.05, 0) is 6.92 Å². The molecule has 0 aromatic rings. The Morgan fingerprint density at radius 2 is 1.67 bits per heavy atom. The number of rotatable bonds is 3. The molecule has 9 heteroatoms. The van der Waals surface area contributed by atoms with Gasteiger partial charge in [-0.25, -0.2) is 0 Å². The van der Waals surface area contributed by atoms with Crippen LogP contribution in [0.15, 0.2) is 0 Å². The van der Waals surface area contributed by atoms with E-state index in [0.29, 0.717) is 0 Å². The number of ether oxygens (including phenoxy) is 2. The van der Waals surface area contributed by atoms with Gasteiger partial charge in [0.1, 0.15) is 30.5 Å². The van der Waals surface area contributed by atoms with E-state index >= 15 is 0 Å². The molecule has 21 heavy (non-hydrogen) atoms. The highest BCUT2D eigenvalue weighted by molar-refractivity contribution is 4.94. The highest BCUT2D eigenvalue weighted by atomic mass is 16.7. The molecule has 9 nitrogen and oxygen atoms in total. The van der Waals surface area contributed by atoms with Gasteiger partial charge in [0.25, 0.3) is 0 Å². The van der Waals surface area contributed by atoms with E-state index in [1.807, 2.05) is 0 Å². The summed E-state index contributed by atoms with van der Waals surface area (Å²) < 4.78 is 10.7. The molecular formula is C12H23NO8. The molecule has 2 heterocycles. The molecule has 0 radical (unpaired) electrons. The normalized spacial score (nSPS) is 51.9. The molecule has 2 rings (SSSR count). The fraction of sp³-hybridized carbons (Fsp3) is 1.00. The number of aliphatic hydroxyl groups is 6. The van der Waals surface area contributed by atoms with Crippen LogP contribution in [0.4, 0.5) is 0 Å². The predicted molar refractivity (Wildman–Crippen MR) is 68.1 cm³/mol. The molecule has 0 aromatic heterocycles. The van der Waals surface area contributed by atoms with Crippen LogP contribution in [0.25, 0.3) is 0 Å². The van der Waals surface area contributed by atoms with E-state index in [1.54, 1.807) is 0 Å². The lowest BCUT2D eigenvalue weighted by atomic mass is 9.96. The Labute approximate surface area is 121 Å². The second-order valence-corrected chi connectivity index (χ2v) is 5.53. The summed E-state index contributed by atoms with van der Waals surface area (Å²) in [7, 11) is 0. The minimum absolute atomic E-state index is 0.128. The summed E-state index contributed by atoms with van der Waals surface area (Å²) in [4.78, 5) is 0. The Balaban J connectivity index is 1.98. The average molecular weight is 309 g/mol. The van der Waals surface area contributed by atoms with Crippen molar-refractivity contribution in [3.05, 3.63) is 0 Å². The van der Waals surface area contributed by atoms with Crippen LogP contribution in [0.3, 0.4) is 0 Å². The summed E-state index contributed by atoms with van der Waals surface area (Å²) in [6.45, 7) is 1.31. The standard InChI is InChI=1S/C12H23NO8/c1-4-7(15)10(18)11(19)12(20-4)21-6-2-13-5(3-14)8(16)9(6)17/h4-19H,2-3H2,1H3/t4-,5+,6+,7-,8+,9+,10+,11+,12-/m0/s1. The van der Waals surface area contributed by atoms with Crippen molar-refractivity contribution >= 4 is 0 Å². The third kappa shape index (κ3) is 3.36. The van der Waals surface area contributed by atoms with E-state index in [-0.39, 0.29) is 13.2 Å². The number of hydrogen-bond donors (Lipinski definition) is 7. The van der Waals surface area contributed by atoms with Crippen LogP contribution in [0, 0.1) is 0 Å². The zero-order chi connectivity index (χ0) is 15.7. The molecule has 7 N–H and O–H groups in total. The van der Waals surface area contributed by atoms with Crippen molar-refractivity contribution < 1.29 is 40.1 Å². The van der Waals surface area contributed by atoms with Crippen molar-refractivity contribution in [1.29, 1.82) is 0 Å². The first-order chi connectivity index (χ1) is 9.86. The first kappa shape index (κ1) is 17.0. The summed E-state index contributed by atoms with van der Waals surface area (Å²) in [5.41, 5.74) is 0. The van der Waals surface area contributed by atoms with Crippen molar-refractivity contribution in [2.24, 2.45) is 0 Å². The molecule has 0 spiro atoms. The molecule has 0 bridgehead atoms. The predicted octanol–water partition coefficient (Wildman–Crippen LogP) is -4.11. The molecule has 0 unspecified atom stereocenters. The first-order valence-electron chi connectivity index (χ1n) is 6.92. The molecule has 2 saturated heterocycles. The van der Waals surface area contributed by atoms with Gasteiger partial charge in [0, 0.05) is 6.54 Å². The third-order valence-corrected chi connectivity index (χ3v) is 4.04. The smallest absolute Gasteiger partial charge is 0.187 e. The Morgan fingerprint density at radius 1 is 1.00 bits per heavy atom. The minimum Gasteiger partial charge on any atom is -0.395 e. The monoisotopic (exact) mass is 309 g/mol. The van der Waals surface area contributed by atoms with Crippen molar-refractivity contribution in [3.8, 4) is 0 Å². The number of nitrogens with one attached hydrogen (secondary N) is 1. The summed E-state index contributed by atoms with van der Waals surface area (Å²) in [6.07, 6.45) is -9.54. The quantitative estimate of drug-likeness (QED) is 0.276. The van der Waals surface area contributed by atoms with Gasteiger partial charge in [0.2, 0.25) is 0 Å². The molecule has 2 aliphatic rings. The van der Waals surface area contributed by atoms with Crippen LogP contribution in [0.5, 0.6) is 0 Å². The Bertz CT molecular complexity index is 345. The SMILES string of the molecule is C[C@@H]1O[C@@H](O[C@@H]2CN[C@H](CO)[C@@H](O)[C@@H]2O)[C@H](O)[C@H](O)[C@H]1O. The summed E-state index contributed by atoms with van der Waals surface area (Å²) >= 11 is 0. The minimum atomic E-state index is -1.48. The van der Waals surface area contributed by atoms with Crippen LogP contribution < -0.4 is 5.32 Å². The molecule has 2 aliphatic heterocycles. The Morgan fingerprint density at radius 3 is 2.29 bits per heavy atom. The van der Waals surface area contributed by atoms with E-state index in [0.717, 1.165) is 0 Å². The molecule has 0 saturated carbocycles. The zero-order valence-corrected chi connectivity index (χ0v) is 11.6. The van der Waals surface area contributed by atoms with Crippen LogP contribution in [-0.4, -0.2) is 98.9 Å². The van der Waals surface area contributed by atoms with Crippen LogP contribution in [-0.2, 0) is 9.47 Å². The maximum Gasteiger partial charge on any atom is 0.187 e. The molecule has 0 aliphatic carbocycles. The van der Waals surface area contributed by atoms with Crippen molar-refractivity contribution in [2.75, 3.05) is 13.2 Å². The average Bonchev–Trinajstić information content (AvgIpc) is 2.47. The largest absolute Gasteiger partial charge is 0.395 e. The van der Waals surface area contributed by atoms with Crippen LogP contribution in [0.1, 0.15) is 6.92 Å². The van der Waals surface area contributed by atoms with E-state index in [4.69, 9.17) is 14.6 Å². The van der Waals surface area contributed by atoms with Gasteiger partial charge in [0.15, 0.2) is 6.29 Å². The van der Waals surface area contributed by atoms with Crippen LogP contribution in [0.2, 0.25) is 0 Å². The van der Waals surface area contributed by atoms with Gasteiger partial charge in [-0.3, -0.25) is 0 Å². The van der Waals surface area contributed by atoms with Crippen molar-refractivity contribution in [1.82, 2.24) is 5.32 Å². The lowest BCUT2D eigenvalue weighted by Crippen LogP contribution is -2.64. The second kappa shape index (κ2) is 6.82. The molecule has 2 fully saturated rings. The number of piperidine rings is 1. The number of hydrogen-bond acceptors (Lipinski definition) is 9. The Hall–Kier alpha value is -0.360. The summed E-state index contributed by atoms with van der Waals surface area (Å²) in [6, 6.07) is -0.664. The van der Waals surface area contributed by atoms with Gasteiger partial charge in [-0.1, -0.05) is 0 Å².